The number of hydrogen-bond donors (Lipinski definition) is 3. The first kappa shape index (κ1) is 22.9. The third kappa shape index (κ3) is 6.16. The van der Waals surface area contributed by atoms with Crippen molar-refractivity contribution in [2.75, 3.05) is 36.8 Å². The van der Waals surface area contributed by atoms with Crippen LogP contribution in [-0.2, 0) is 6.54 Å². The number of aromatic nitrogens is 1. The van der Waals surface area contributed by atoms with Crippen molar-refractivity contribution in [2.45, 2.75) is 13.5 Å². The highest BCUT2D eigenvalue weighted by molar-refractivity contribution is 6.31. The summed E-state index contributed by atoms with van der Waals surface area (Å²) in [5.41, 5.74) is 3.29. The highest BCUT2D eigenvalue weighted by Gasteiger charge is 2.16. The fraction of sp³-hybridized carbons (Fsp3) is 0.240. The molecule has 0 spiro atoms. The summed E-state index contributed by atoms with van der Waals surface area (Å²) in [5, 5.41) is 9.32. The highest BCUT2D eigenvalue weighted by Crippen LogP contribution is 2.23. The lowest BCUT2D eigenvalue weighted by Gasteiger charge is -2.27. The molecule has 0 radical (unpaired) electrons. The number of amides is 2. The lowest BCUT2D eigenvalue weighted by Crippen LogP contribution is -2.42. The SMILES string of the molecule is Cc1ccc(NC(=O)c2cc(Cl)ccc2NC(=O)c2ccc(CN3CCNCC3)cc2)nc1. The van der Waals surface area contributed by atoms with Crippen LogP contribution in [0.4, 0.5) is 11.5 Å². The van der Waals surface area contributed by atoms with E-state index in [9.17, 15) is 9.59 Å². The van der Waals surface area contributed by atoms with Gasteiger partial charge in [0.05, 0.1) is 11.3 Å². The van der Waals surface area contributed by atoms with Gasteiger partial charge in [-0.2, -0.15) is 0 Å². The summed E-state index contributed by atoms with van der Waals surface area (Å²) in [6.45, 7) is 6.80. The van der Waals surface area contributed by atoms with Crippen LogP contribution in [0, 0.1) is 6.92 Å². The van der Waals surface area contributed by atoms with Gasteiger partial charge in [-0.05, 0) is 54.4 Å². The lowest BCUT2D eigenvalue weighted by molar-refractivity contribution is 0.102. The Morgan fingerprint density at radius 3 is 2.45 bits per heavy atom. The molecule has 1 saturated heterocycles. The normalized spacial score (nSPS) is 14.0. The molecule has 1 aliphatic heterocycles. The molecule has 2 heterocycles. The average molecular weight is 464 g/mol. The van der Waals surface area contributed by atoms with Crippen molar-refractivity contribution in [3.63, 3.8) is 0 Å². The Morgan fingerprint density at radius 2 is 1.76 bits per heavy atom. The van der Waals surface area contributed by atoms with E-state index < -0.39 is 5.91 Å². The Labute approximate surface area is 198 Å². The summed E-state index contributed by atoms with van der Waals surface area (Å²) in [7, 11) is 0. The molecule has 8 heteroatoms. The van der Waals surface area contributed by atoms with Crippen molar-refractivity contribution in [3.8, 4) is 0 Å². The lowest BCUT2D eigenvalue weighted by atomic mass is 10.1. The molecule has 1 fully saturated rings. The molecule has 4 rings (SSSR count). The van der Waals surface area contributed by atoms with E-state index in [1.54, 1.807) is 36.5 Å². The number of aryl methyl sites for hydroxylation is 1. The summed E-state index contributed by atoms with van der Waals surface area (Å²) in [6.07, 6.45) is 1.67. The molecule has 1 aromatic heterocycles. The zero-order chi connectivity index (χ0) is 23.2. The minimum Gasteiger partial charge on any atom is -0.321 e. The van der Waals surface area contributed by atoms with Crippen molar-refractivity contribution in [1.29, 1.82) is 0 Å². The van der Waals surface area contributed by atoms with Crippen molar-refractivity contribution < 1.29 is 9.59 Å². The molecule has 2 amide bonds. The fourth-order valence-electron chi connectivity index (χ4n) is 3.62. The summed E-state index contributed by atoms with van der Waals surface area (Å²) in [6, 6.07) is 15.9. The van der Waals surface area contributed by atoms with Crippen LogP contribution >= 0.6 is 11.6 Å². The molecule has 0 atom stereocenters. The first-order valence-electron chi connectivity index (χ1n) is 10.8. The second kappa shape index (κ2) is 10.6. The number of piperazine rings is 1. The van der Waals surface area contributed by atoms with Gasteiger partial charge in [-0.15, -0.1) is 0 Å². The van der Waals surface area contributed by atoms with Crippen LogP contribution in [0.1, 0.15) is 31.8 Å². The number of hydrogen-bond acceptors (Lipinski definition) is 5. The maximum atomic E-state index is 12.9. The van der Waals surface area contributed by atoms with E-state index in [1.165, 1.54) is 6.07 Å². The summed E-state index contributed by atoms with van der Waals surface area (Å²) >= 11 is 6.12. The Bertz CT molecular complexity index is 1130. The number of halogens is 1. The van der Waals surface area contributed by atoms with E-state index in [4.69, 9.17) is 11.6 Å². The molecule has 0 bridgehead atoms. The van der Waals surface area contributed by atoms with Gasteiger partial charge in [-0.25, -0.2) is 4.98 Å². The Balaban J connectivity index is 1.45. The van der Waals surface area contributed by atoms with Gasteiger partial charge >= 0.3 is 0 Å². The minimum absolute atomic E-state index is 0.258. The van der Waals surface area contributed by atoms with Gasteiger partial charge in [0.2, 0.25) is 0 Å². The van der Waals surface area contributed by atoms with E-state index in [0.717, 1.165) is 43.9 Å². The minimum atomic E-state index is -0.407. The smallest absolute Gasteiger partial charge is 0.258 e. The van der Waals surface area contributed by atoms with Gasteiger partial charge in [0, 0.05) is 49.5 Å². The molecule has 0 aliphatic carbocycles. The van der Waals surface area contributed by atoms with Crippen LogP contribution in [0.15, 0.2) is 60.8 Å². The van der Waals surface area contributed by atoms with Gasteiger partial charge in [0.25, 0.3) is 11.8 Å². The monoisotopic (exact) mass is 463 g/mol. The molecular formula is C25H26ClN5O2. The van der Waals surface area contributed by atoms with Crippen LogP contribution < -0.4 is 16.0 Å². The van der Waals surface area contributed by atoms with E-state index in [-0.39, 0.29) is 11.5 Å². The number of nitrogens with zero attached hydrogens (tertiary/aromatic N) is 2. The molecular weight excluding hydrogens is 438 g/mol. The van der Waals surface area contributed by atoms with Crippen molar-refractivity contribution in [2.24, 2.45) is 0 Å². The first-order chi connectivity index (χ1) is 16.0. The van der Waals surface area contributed by atoms with Crippen LogP contribution in [0.5, 0.6) is 0 Å². The van der Waals surface area contributed by atoms with Crippen molar-refractivity contribution in [3.05, 3.63) is 88.1 Å². The average Bonchev–Trinajstić information content (AvgIpc) is 2.83. The maximum absolute atomic E-state index is 12.9. The molecule has 170 valence electrons. The van der Waals surface area contributed by atoms with Crippen molar-refractivity contribution in [1.82, 2.24) is 15.2 Å². The number of rotatable bonds is 6. The molecule has 3 aromatic rings. The number of nitrogens with one attached hydrogen (secondary N) is 3. The number of anilines is 2. The Hall–Kier alpha value is -3.26. The largest absolute Gasteiger partial charge is 0.321 e. The Kier molecular flexibility index (Phi) is 7.34. The molecule has 33 heavy (non-hydrogen) atoms. The Morgan fingerprint density at radius 1 is 1.00 bits per heavy atom. The molecule has 3 N–H and O–H groups in total. The second-order valence-electron chi connectivity index (χ2n) is 8.04. The van der Waals surface area contributed by atoms with E-state index in [1.807, 2.05) is 25.1 Å². The van der Waals surface area contributed by atoms with Crippen LogP contribution in [-0.4, -0.2) is 47.9 Å². The van der Waals surface area contributed by atoms with Crippen molar-refractivity contribution >= 4 is 34.9 Å². The third-order valence-electron chi connectivity index (χ3n) is 5.46. The van der Waals surface area contributed by atoms with Crippen LogP contribution in [0.2, 0.25) is 5.02 Å². The molecule has 0 saturated carbocycles. The molecule has 1 aliphatic rings. The predicted molar refractivity (Wildman–Crippen MR) is 131 cm³/mol. The van der Waals surface area contributed by atoms with Gasteiger partial charge < -0.3 is 16.0 Å². The first-order valence-corrected chi connectivity index (χ1v) is 11.2. The highest BCUT2D eigenvalue weighted by atomic mass is 35.5. The van der Waals surface area contributed by atoms with Gasteiger partial charge in [0.15, 0.2) is 0 Å². The number of pyridine rings is 1. The van der Waals surface area contributed by atoms with Gasteiger partial charge in [-0.3, -0.25) is 14.5 Å². The van der Waals surface area contributed by atoms with Gasteiger partial charge in [-0.1, -0.05) is 29.8 Å². The number of benzene rings is 2. The summed E-state index contributed by atoms with van der Waals surface area (Å²) in [4.78, 5) is 32.3. The quantitative estimate of drug-likeness (QED) is 0.515. The predicted octanol–water partition coefficient (Wildman–Crippen LogP) is 3.95. The molecule has 0 unspecified atom stereocenters. The van der Waals surface area contributed by atoms with Crippen LogP contribution in [0.3, 0.4) is 0 Å². The zero-order valence-corrected chi connectivity index (χ0v) is 19.2. The van der Waals surface area contributed by atoms with Gasteiger partial charge in [0.1, 0.15) is 5.82 Å². The molecule has 7 nitrogen and oxygen atoms in total. The van der Waals surface area contributed by atoms with Crippen LogP contribution in [0.25, 0.3) is 0 Å². The maximum Gasteiger partial charge on any atom is 0.258 e. The second-order valence-corrected chi connectivity index (χ2v) is 8.48. The third-order valence-corrected chi connectivity index (χ3v) is 5.69. The standard InChI is InChI=1S/C25H26ClN5O2/c1-17-2-9-23(28-15-17)30-25(33)21-14-20(26)7-8-22(21)29-24(32)19-5-3-18(4-6-19)16-31-12-10-27-11-13-31/h2-9,14-15,27H,10-13,16H2,1H3,(H,29,32)(H,28,30,33). The number of carbonyl (C=O) groups is 2. The summed E-state index contributed by atoms with van der Waals surface area (Å²) < 4.78 is 0. The zero-order valence-electron chi connectivity index (χ0n) is 18.4. The topological polar surface area (TPSA) is 86.4 Å². The molecule has 2 aromatic carbocycles. The van der Waals surface area contributed by atoms with E-state index in [2.05, 4.69) is 25.8 Å². The van der Waals surface area contributed by atoms with E-state index in [0.29, 0.717) is 22.1 Å². The number of carbonyl (C=O) groups excluding carboxylic acids is 2. The summed E-state index contributed by atoms with van der Waals surface area (Å²) in [5.74, 6) is -0.285. The fourth-order valence-corrected chi connectivity index (χ4v) is 3.79. The van der Waals surface area contributed by atoms with E-state index >= 15 is 0 Å².